The van der Waals surface area contributed by atoms with Crippen LogP contribution in [0, 0.1) is 6.92 Å². The molecule has 0 atom stereocenters. The van der Waals surface area contributed by atoms with Crippen molar-refractivity contribution in [1.29, 1.82) is 0 Å². The second kappa shape index (κ2) is 4.63. The SMILES string of the molecule is Cc1nn(C)c(CNCC(C)(C)O)c1Br. The normalized spacial score (nSPS) is 12.1. The Morgan fingerprint density at radius 1 is 1.53 bits per heavy atom. The molecule has 0 amide bonds. The summed E-state index contributed by atoms with van der Waals surface area (Å²) < 4.78 is 2.88. The predicted molar refractivity (Wildman–Crippen MR) is 63.6 cm³/mol. The lowest BCUT2D eigenvalue weighted by Gasteiger charge is -2.17. The van der Waals surface area contributed by atoms with E-state index in [-0.39, 0.29) is 0 Å². The zero-order valence-electron chi connectivity index (χ0n) is 9.63. The van der Waals surface area contributed by atoms with Crippen LogP contribution >= 0.6 is 15.9 Å². The Bertz CT molecular complexity index is 341. The molecule has 1 rings (SSSR count). The van der Waals surface area contributed by atoms with Crippen LogP contribution in [-0.4, -0.2) is 27.0 Å². The topological polar surface area (TPSA) is 50.1 Å². The quantitative estimate of drug-likeness (QED) is 0.872. The molecular formula is C10H18BrN3O. The maximum Gasteiger partial charge on any atom is 0.0739 e. The van der Waals surface area contributed by atoms with Gasteiger partial charge in [0.1, 0.15) is 0 Å². The lowest BCUT2D eigenvalue weighted by Crippen LogP contribution is -2.34. The van der Waals surface area contributed by atoms with Gasteiger partial charge in [0, 0.05) is 20.1 Å². The highest BCUT2D eigenvalue weighted by Crippen LogP contribution is 2.19. The molecule has 0 aromatic carbocycles. The van der Waals surface area contributed by atoms with Crippen LogP contribution in [0.5, 0.6) is 0 Å². The van der Waals surface area contributed by atoms with Crippen LogP contribution in [0.4, 0.5) is 0 Å². The van der Waals surface area contributed by atoms with Crippen LogP contribution in [0.3, 0.4) is 0 Å². The third-order valence-corrected chi connectivity index (χ3v) is 3.14. The van der Waals surface area contributed by atoms with Crippen LogP contribution in [0.15, 0.2) is 4.47 Å². The first-order valence-electron chi connectivity index (χ1n) is 4.92. The summed E-state index contributed by atoms with van der Waals surface area (Å²) in [7, 11) is 1.92. The average molecular weight is 276 g/mol. The third-order valence-electron chi connectivity index (χ3n) is 2.11. The number of hydrogen-bond acceptors (Lipinski definition) is 3. The lowest BCUT2D eigenvalue weighted by atomic mass is 10.1. The maximum absolute atomic E-state index is 9.54. The van der Waals surface area contributed by atoms with E-state index in [1.54, 1.807) is 13.8 Å². The van der Waals surface area contributed by atoms with Gasteiger partial charge in [-0.2, -0.15) is 5.10 Å². The molecule has 0 fully saturated rings. The van der Waals surface area contributed by atoms with E-state index in [1.807, 2.05) is 18.7 Å². The average Bonchev–Trinajstić information content (AvgIpc) is 2.29. The summed E-state index contributed by atoms with van der Waals surface area (Å²) in [6, 6.07) is 0. The van der Waals surface area contributed by atoms with Crippen molar-refractivity contribution in [2.24, 2.45) is 7.05 Å². The Balaban J connectivity index is 2.58. The fourth-order valence-electron chi connectivity index (χ4n) is 1.36. The third kappa shape index (κ3) is 3.59. The number of nitrogens with one attached hydrogen (secondary N) is 1. The van der Waals surface area contributed by atoms with Gasteiger partial charge < -0.3 is 10.4 Å². The van der Waals surface area contributed by atoms with E-state index in [1.165, 1.54) is 0 Å². The van der Waals surface area contributed by atoms with Gasteiger partial charge in [0.2, 0.25) is 0 Å². The second-order valence-electron chi connectivity index (χ2n) is 4.39. The molecule has 0 aliphatic heterocycles. The van der Waals surface area contributed by atoms with Gasteiger partial charge in [-0.05, 0) is 36.7 Å². The molecule has 0 saturated heterocycles. The Hall–Kier alpha value is -0.390. The molecule has 0 aliphatic rings. The van der Waals surface area contributed by atoms with Crippen molar-refractivity contribution < 1.29 is 5.11 Å². The molecule has 1 aromatic rings. The van der Waals surface area contributed by atoms with E-state index in [9.17, 15) is 5.11 Å². The number of rotatable bonds is 4. The van der Waals surface area contributed by atoms with Gasteiger partial charge in [-0.15, -0.1) is 0 Å². The predicted octanol–water partition coefficient (Wildman–Crippen LogP) is 1.35. The van der Waals surface area contributed by atoms with Gasteiger partial charge in [-0.25, -0.2) is 0 Å². The van der Waals surface area contributed by atoms with E-state index >= 15 is 0 Å². The molecule has 15 heavy (non-hydrogen) atoms. The molecule has 0 radical (unpaired) electrons. The van der Waals surface area contributed by atoms with Crippen molar-refractivity contribution >= 4 is 15.9 Å². The molecule has 4 nitrogen and oxygen atoms in total. The summed E-state index contributed by atoms with van der Waals surface area (Å²) in [5, 5.41) is 17.0. The number of hydrogen-bond donors (Lipinski definition) is 2. The molecule has 1 heterocycles. The van der Waals surface area contributed by atoms with E-state index < -0.39 is 5.60 Å². The number of aromatic nitrogens is 2. The van der Waals surface area contributed by atoms with Crippen LogP contribution in [0.1, 0.15) is 25.2 Å². The smallest absolute Gasteiger partial charge is 0.0739 e. The van der Waals surface area contributed by atoms with Gasteiger partial charge in [0.25, 0.3) is 0 Å². The van der Waals surface area contributed by atoms with Gasteiger partial charge in [-0.3, -0.25) is 4.68 Å². The first kappa shape index (κ1) is 12.7. The van der Waals surface area contributed by atoms with E-state index in [2.05, 4.69) is 26.3 Å². The van der Waals surface area contributed by atoms with Crippen LogP contribution in [0.2, 0.25) is 0 Å². The molecule has 1 aromatic heterocycles. The molecule has 86 valence electrons. The number of aliphatic hydroxyl groups is 1. The molecule has 0 bridgehead atoms. The lowest BCUT2D eigenvalue weighted by molar-refractivity contribution is 0.0793. The molecule has 0 unspecified atom stereocenters. The summed E-state index contributed by atoms with van der Waals surface area (Å²) in [4.78, 5) is 0. The van der Waals surface area contributed by atoms with Crippen LogP contribution in [-0.2, 0) is 13.6 Å². The summed E-state index contributed by atoms with van der Waals surface area (Å²) in [6.45, 7) is 6.78. The molecule has 2 N–H and O–H groups in total. The zero-order valence-corrected chi connectivity index (χ0v) is 11.2. The Morgan fingerprint density at radius 2 is 2.13 bits per heavy atom. The Morgan fingerprint density at radius 3 is 2.53 bits per heavy atom. The number of aryl methyl sites for hydroxylation is 2. The largest absolute Gasteiger partial charge is 0.389 e. The maximum atomic E-state index is 9.54. The van der Waals surface area contributed by atoms with Crippen molar-refractivity contribution in [3.63, 3.8) is 0 Å². The highest BCUT2D eigenvalue weighted by Gasteiger charge is 2.14. The van der Waals surface area contributed by atoms with Crippen LogP contribution < -0.4 is 5.32 Å². The van der Waals surface area contributed by atoms with E-state index in [4.69, 9.17) is 0 Å². The molecule has 5 heteroatoms. The fourth-order valence-corrected chi connectivity index (χ4v) is 1.84. The Labute approximate surface area is 98.8 Å². The summed E-state index contributed by atoms with van der Waals surface area (Å²) in [5.41, 5.74) is 1.40. The zero-order chi connectivity index (χ0) is 11.6. The molecule has 0 saturated carbocycles. The van der Waals surface area contributed by atoms with Gasteiger partial charge in [0.15, 0.2) is 0 Å². The molecule has 0 spiro atoms. The van der Waals surface area contributed by atoms with Crippen molar-refractivity contribution in [3.8, 4) is 0 Å². The summed E-state index contributed by atoms with van der Waals surface area (Å²) >= 11 is 3.50. The molecule has 0 aliphatic carbocycles. The highest BCUT2D eigenvalue weighted by atomic mass is 79.9. The monoisotopic (exact) mass is 275 g/mol. The van der Waals surface area contributed by atoms with Gasteiger partial charge in [-0.1, -0.05) is 0 Å². The highest BCUT2D eigenvalue weighted by molar-refractivity contribution is 9.10. The molecular weight excluding hydrogens is 258 g/mol. The van der Waals surface area contributed by atoms with E-state index in [0.717, 1.165) is 15.9 Å². The van der Waals surface area contributed by atoms with Gasteiger partial charge in [0.05, 0.1) is 21.5 Å². The Kier molecular flexibility index (Phi) is 3.92. The first-order chi connectivity index (χ1) is 6.81. The van der Waals surface area contributed by atoms with Crippen LogP contribution in [0.25, 0.3) is 0 Å². The van der Waals surface area contributed by atoms with Crippen molar-refractivity contribution in [1.82, 2.24) is 15.1 Å². The standard InChI is InChI=1S/C10H18BrN3O/c1-7-9(11)8(14(4)13-7)5-12-6-10(2,3)15/h12,15H,5-6H2,1-4H3. The minimum atomic E-state index is -0.680. The fraction of sp³-hybridized carbons (Fsp3) is 0.700. The summed E-state index contributed by atoms with van der Waals surface area (Å²) in [6.07, 6.45) is 0. The summed E-state index contributed by atoms with van der Waals surface area (Å²) in [5.74, 6) is 0. The second-order valence-corrected chi connectivity index (χ2v) is 5.18. The van der Waals surface area contributed by atoms with Crippen molar-refractivity contribution in [2.45, 2.75) is 32.9 Å². The first-order valence-corrected chi connectivity index (χ1v) is 5.71. The van der Waals surface area contributed by atoms with E-state index in [0.29, 0.717) is 13.1 Å². The van der Waals surface area contributed by atoms with Crippen molar-refractivity contribution in [2.75, 3.05) is 6.54 Å². The number of halogens is 1. The minimum Gasteiger partial charge on any atom is -0.389 e. The minimum absolute atomic E-state index is 0.559. The van der Waals surface area contributed by atoms with Crippen molar-refractivity contribution in [3.05, 3.63) is 15.9 Å². The van der Waals surface area contributed by atoms with Gasteiger partial charge >= 0.3 is 0 Å². The number of nitrogens with zero attached hydrogens (tertiary/aromatic N) is 2.